The zero-order chi connectivity index (χ0) is 20.8. The molecule has 148 valence electrons. The summed E-state index contributed by atoms with van der Waals surface area (Å²) in [5.74, 6) is -1.30. The molecule has 0 saturated carbocycles. The molecule has 0 aliphatic carbocycles. The molecule has 29 heavy (non-hydrogen) atoms. The van der Waals surface area contributed by atoms with Crippen LogP contribution in [0.3, 0.4) is 0 Å². The number of hydrogen-bond donors (Lipinski definition) is 1. The molecule has 0 bridgehead atoms. The minimum absolute atomic E-state index is 0.0502. The van der Waals surface area contributed by atoms with Gasteiger partial charge in [-0.2, -0.15) is 0 Å². The van der Waals surface area contributed by atoms with Crippen molar-refractivity contribution in [2.24, 2.45) is 0 Å². The summed E-state index contributed by atoms with van der Waals surface area (Å²) < 4.78 is 5.16. The van der Waals surface area contributed by atoms with Gasteiger partial charge in [-0.15, -0.1) is 22.7 Å². The van der Waals surface area contributed by atoms with E-state index in [9.17, 15) is 19.7 Å². The van der Waals surface area contributed by atoms with E-state index in [1.807, 2.05) is 29.0 Å². The van der Waals surface area contributed by atoms with Gasteiger partial charge in [0.1, 0.15) is 5.69 Å². The van der Waals surface area contributed by atoms with Gasteiger partial charge < -0.3 is 10.1 Å². The fourth-order valence-electron chi connectivity index (χ4n) is 2.47. The van der Waals surface area contributed by atoms with E-state index in [0.29, 0.717) is 11.1 Å². The van der Waals surface area contributed by atoms with Gasteiger partial charge in [0.05, 0.1) is 10.5 Å². The van der Waals surface area contributed by atoms with Crippen LogP contribution >= 0.6 is 22.7 Å². The summed E-state index contributed by atoms with van der Waals surface area (Å²) in [6.45, 7) is 1.16. The second-order valence-corrected chi connectivity index (χ2v) is 7.88. The summed E-state index contributed by atoms with van der Waals surface area (Å²) in [5, 5.41) is 17.3. The maximum atomic E-state index is 12.6. The van der Waals surface area contributed by atoms with Crippen molar-refractivity contribution in [3.05, 3.63) is 78.7 Å². The quantitative estimate of drug-likeness (QED) is 0.253. The number of hydrogen-bond acceptors (Lipinski definition) is 7. The van der Waals surface area contributed by atoms with Gasteiger partial charge in [-0.25, -0.2) is 4.79 Å². The lowest BCUT2D eigenvalue weighted by atomic mass is 10.2. The van der Waals surface area contributed by atoms with E-state index >= 15 is 0 Å². The molecular formula is C20H16N2O5S2. The second kappa shape index (κ2) is 9.26. The predicted molar refractivity (Wildman–Crippen MR) is 114 cm³/mol. The molecule has 1 aromatic carbocycles. The van der Waals surface area contributed by atoms with Crippen molar-refractivity contribution in [2.75, 3.05) is 11.9 Å². The van der Waals surface area contributed by atoms with Gasteiger partial charge in [-0.3, -0.25) is 14.9 Å². The van der Waals surface area contributed by atoms with Crippen molar-refractivity contribution >= 4 is 57.6 Å². The van der Waals surface area contributed by atoms with Crippen LogP contribution in [0, 0.1) is 17.0 Å². The van der Waals surface area contributed by atoms with Gasteiger partial charge in [0.25, 0.3) is 11.6 Å². The molecule has 3 aromatic rings. The predicted octanol–water partition coefficient (Wildman–Crippen LogP) is 4.75. The van der Waals surface area contributed by atoms with Crippen LogP contribution in [0.2, 0.25) is 0 Å². The van der Waals surface area contributed by atoms with E-state index in [1.54, 1.807) is 25.1 Å². The molecule has 0 radical (unpaired) electrons. The van der Waals surface area contributed by atoms with E-state index in [2.05, 4.69) is 5.32 Å². The number of amides is 1. The summed E-state index contributed by atoms with van der Waals surface area (Å²) in [4.78, 5) is 36.9. The summed E-state index contributed by atoms with van der Waals surface area (Å²) >= 11 is 2.86. The maximum absolute atomic E-state index is 12.6. The zero-order valence-electron chi connectivity index (χ0n) is 15.3. The minimum atomic E-state index is -0.660. The van der Waals surface area contributed by atoms with Gasteiger partial charge >= 0.3 is 5.97 Å². The average Bonchev–Trinajstić information content (AvgIpc) is 3.39. The highest BCUT2D eigenvalue weighted by atomic mass is 32.1. The lowest BCUT2D eigenvalue weighted by Gasteiger charge is -2.09. The maximum Gasteiger partial charge on any atom is 0.340 e. The number of esters is 1. The largest absolute Gasteiger partial charge is 0.452 e. The normalized spacial score (nSPS) is 11.1. The van der Waals surface area contributed by atoms with Crippen molar-refractivity contribution in [1.29, 1.82) is 0 Å². The van der Waals surface area contributed by atoms with Crippen molar-refractivity contribution in [3.8, 4) is 0 Å². The second-order valence-electron chi connectivity index (χ2n) is 5.95. The highest BCUT2D eigenvalue weighted by Gasteiger charge is 2.19. The molecule has 0 atom stereocenters. The highest BCUT2D eigenvalue weighted by Crippen LogP contribution is 2.27. The lowest BCUT2D eigenvalue weighted by Crippen LogP contribution is -2.21. The van der Waals surface area contributed by atoms with Crippen molar-refractivity contribution in [1.82, 2.24) is 0 Å². The Hall–Kier alpha value is -3.30. The summed E-state index contributed by atoms with van der Waals surface area (Å²) in [6, 6.07) is 11.8. The van der Waals surface area contributed by atoms with Gasteiger partial charge in [0, 0.05) is 15.8 Å². The first kappa shape index (κ1) is 20.4. The molecule has 3 rings (SSSR count). The zero-order valence-corrected chi connectivity index (χ0v) is 16.9. The van der Waals surface area contributed by atoms with Crippen LogP contribution in [0.5, 0.6) is 0 Å². The third-order valence-corrected chi connectivity index (χ3v) is 5.52. The van der Waals surface area contributed by atoms with Gasteiger partial charge in [0.15, 0.2) is 6.61 Å². The molecular weight excluding hydrogens is 412 g/mol. The molecule has 0 spiro atoms. The Morgan fingerprint density at radius 1 is 1.17 bits per heavy atom. The molecule has 1 N–H and O–H groups in total. The number of rotatable bonds is 7. The minimum Gasteiger partial charge on any atom is -0.452 e. The van der Waals surface area contributed by atoms with E-state index in [0.717, 1.165) is 9.75 Å². The van der Waals surface area contributed by atoms with Gasteiger partial charge in [-0.1, -0.05) is 18.2 Å². The Kier molecular flexibility index (Phi) is 6.53. The molecule has 2 aromatic heterocycles. The topological polar surface area (TPSA) is 98.5 Å². The van der Waals surface area contributed by atoms with Crippen molar-refractivity contribution in [2.45, 2.75) is 6.92 Å². The highest BCUT2D eigenvalue weighted by molar-refractivity contribution is 7.12. The Bertz CT molecular complexity index is 1060. The van der Waals surface area contributed by atoms with Gasteiger partial charge in [0.2, 0.25) is 0 Å². The summed E-state index contributed by atoms with van der Waals surface area (Å²) in [6.07, 6.45) is 1.71. The molecule has 7 nitrogen and oxygen atoms in total. The van der Waals surface area contributed by atoms with Crippen molar-refractivity contribution < 1.29 is 19.2 Å². The van der Waals surface area contributed by atoms with Crippen molar-refractivity contribution in [3.63, 3.8) is 0 Å². The number of thiophene rings is 2. The van der Waals surface area contributed by atoms with E-state index in [4.69, 9.17) is 4.74 Å². The monoisotopic (exact) mass is 428 g/mol. The Balaban J connectivity index is 1.69. The molecule has 2 heterocycles. The number of nitro groups is 1. The SMILES string of the molecule is Cc1ccc(NC(=O)COC(=O)C(=Cc2cccs2)c2cccs2)c([N+](=O)[O-])c1. The number of nitrogens with one attached hydrogen (secondary N) is 1. The molecule has 0 saturated heterocycles. The Morgan fingerprint density at radius 3 is 2.59 bits per heavy atom. The lowest BCUT2D eigenvalue weighted by molar-refractivity contribution is -0.384. The average molecular weight is 428 g/mol. The van der Waals surface area contributed by atoms with Gasteiger partial charge in [-0.05, 0) is 47.5 Å². The third kappa shape index (κ3) is 5.37. The number of benzene rings is 1. The van der Waals surface area contributed by atoms with Crippen LogP contribution in [0.25, 0.3) is 11.6 Å². The number of nitrogens with zero attached hydrogens (tertiary/aromatic N) is 1. The number of nitro benzene ring substituents is 1. The smallest absolute Gasteiger partial charge is 0.340 e. The molecule has 9 heteroatoms. The third-order valence-electron chi connectivity index (χ3n) is 3.79. The molecule has 0 aliphatic heterocycles. The van der Waals surface area contributed by atoms with Crippen LogP contribution in [-0.2, 0) is 14.3 Å². The van der Waals surface area contributed by atoms with Crippen LogP contribution in [0.1, 0.15) is 15.3 Å². The number of carbonyl (C=O) groups is 2. The molecule has 0 aliphatic rings. The standard InChI is InChI=1S/C20H16N2O5S2/c1-13-6-7-16(17(10-13)22(25)26)21-19(23)12-27-20(24)15(18-5-3-9-29-18)11-14-4-2-8-28-14/h2-11H,12H2,1H3,(H,21,23). The Labute approximate surface area is 174 Å². The van der Waals surface area contributed by atoms with Crippen LogP contribution < -0.4 is 5.32 Å². The first-order valence-corrected chi connectivity index (χ1v) is 10.2. The number of aryl methyl sites for hydroxylation is 1. The fourth-order valence-corrected chi connectivity index (χ4v) is 3.86. The number of ether oxygens (including phenoxy) is 1. The van der Waals surface area contributed by atoms with Crippen LogP contribution in [0.15, 0.2) is 53.2 Å². The molecule has 1 amide bonds. The van der Waals surface area contributed by atoms with Crippen LogP contribution in [0.4, 0.5) is 11.4 Å². The van der Waals surface area contributed by atoms with E-state index in [1.165, 1.54) is 34.8 Å². The summed E-state index contributed by atoms with van der Waals surface area (Å²) in [5.41, 5.74) is 0.868. The van der Waals surface area contributed by atoms with E-state index in [-0.39, 0.29) is 11.4 Å². The first-order chi connectivity index (χ1) is 13.9. The first-order valence-electron chi connectivity index (χ1n) is 8.45. The molecule has 0 unspecified atom stereocenters. The fraction of sp³-hybridized carbons (Fsp3) is 0.100. The van der Waals surface area contributed by atoms with E-state index < -0.39 is 23.4 Å². The summed E-state index contributed by atoms with van der Waals surface area (Å²) in [7, 11) is 0. The van der Waals surface area contributed by atoms with Crippen LogP contribution in [-0.4, -0.2) is 23.4 Å². The number of carbonyl (C=O) groups excluding carboxylic acids is 2. The Morgan fingerprint density at radius 2 is 1.93 bits per heavy atom. The number of anilines is 1. The molecule has 0 fully saturated rings.